The fourth-order valence-corrected chi connectivity index (χ4v) is 2.69. The number of benzene rings is 1. The van der Waals surface area contributed by atoms with Crippen LogP contribution < -0.4 is 5.32 Å². The van der Waals surface area contributed by atoms with Gasteiger partial charge in [-0.1, -0.05) is 19.9 Å². The van der Waals surface area contributed by atoms with Crippen LogP contribution in [0.25, 0.3) is 11.0 Å². The lowest BCUT2D eigenvalue weighted by molar-refractivity contribution is 0.835. The molecular formula is C17H17N5. The average Bonchev–Trinajstić information content (AvgIpc) is 3.13. The summed E-state index contributed by atoms with van der Waals surface area (Å²) >= 11 is 0. The van der Waals surface area contributed by atoms with Gasteiger partial charge < -0.3 is 10.3 Å². The van der Waals surface area contributed by atoms with E-state index in [0.717, 1.165) is 29.1 Å². The molecule has 0 aliphatic carbocycles. The van der Waals surface area contributed by atoms with Gasteiger partial charge in [-0.25, -0.2) is 9.97 Å². The summed E-state index contributed by atoms with van der Waals surface area (Å²) in [5, 5.41) is 4.41. The Bertz CT molecular complexity index is 876. The van der Waals surface area contributed by atoms with E-state index in [2.05, 4.69) is 63.4 Å². The highest BCUT2D eigenvalue weighted by molar-refractivity contribution is 5.91. The Hall–Kier alpha value is -2.69. The fourth-order valence-electron chi connectivity index (χ4n) is 2.69. The molecule has 1 aliphatic rings. The number of hydrogen-bond donors (Lipinski definition) is 2. The molecule has 5 heteroatoms. The van der Waals surface area contributed by atoms with Crippen LogP contribution in [0.4, 0.5) is 11.5 Å². The number of aliphatic imine (C=N–C) groups is 1. The maximum Gasteiger partial charge on any atom is 0.143 e. The second kappa shape index (κ2) is 4.94. The van der Waals surface area contributed by atoms with E-state index in [9.17, 15) is 0 Å². The Morgan fingerprint density at radius 3 is 2.95 bits per heavy atom. The van der Waals surface area contributed by atoms with Crippen molar-refractivity contribution in [1.29, 1.82) is 0 Å². The molecule has 0 amide bonds. The number of hydrogen-bond acceptors (Lipinski definition) is 4. The number of nitrogens with one attached hydrogen (secondary N) is 2. The van der Waals surface area contributed by atoms with Gasteiger partial charge in [-0.15, -0.1) is 0 Å². The number of nitrogens with zero attached hydrogens (tertiary/aromatic N) is 3. The minimum Gasteiger partial charge on any atom is -0.343 e. The molecule has 2 N–H and O–H groups in total. The van der Waals surface area contributed by atoms with Crippen molar-refractivity contribution in [3.8, 4) is 0 Å². The molecular weight excluding hydrogens is 274 g/mol. The van der Waals surface area contributed by atoms with Crippen LogP contribution in [0.1, 0.15) is 36.6 Å². The van der Waals surface area contributed by atoms with Crippen LogP contribution >= 0.6 is 0 Å². The zero-order chi connectivity index (χ0) is 15.1. The Morgan fingerprint density at radius 2 is 2.09 bits per heavy atom. The van der Waals surface area contributed by atoms with Crippen LogP contribution in [-0.2, 0) is 6.54 Å². The molecule has 0 saturated heterocycles. The maximum atomic E-state index is 4.39. The summed E-state index contributed by atoms with van der Waals surface area (Å²) in [6.45, 7) is 5.10. The molecule has 0 radical (unpaired) electrons. The molecule has 110 valence electrons. The molecule has 2 aromatic heterocycles. The first-order chi connectivity index (χ1) is 10.7. The molecule has 0 bridgehead atoms. The van der Waals surface area contributed by atoms with Crippen molar-refractivity contribution in [2.24, 2.45) is 4.99 Å². The molecule has 1 aliphatic heterocycles. The molecule has 0 atom stereocenters. The van der Waals surface area contributed by atoms with E-state index in [-0.39, 0.29) is 0 Å². The van der Waals surface area contributed by atoms with Crippen LogP contribution in [0.15, 0.2) is 35.6 Å². The first kappa shape index (κ1) is 13.0. The second-order valence-electron chi connectivity index (χ2n) is 5.87. The van der Waals surface area contributed by atoms with Gasteiger partial charge in [0.2, 0.25) is 0 Å². The van der Waals surface area contributed by atoms with Crippen LogP contribution in [0.3, 0.4) is 0 Å². The minimum atomic E-state index is 0.429. The molecule has 3 heterocycles. The lowest BCUT2D eigenvalue weighted by Crippen LogP contribution is -1.96. The molecule has 0 saturated carbocycles. The van der Waals surface area contributed by atoms with E-state index in [4.69, 9.17) is 0 Å². The Kier molecular flexibility index (Phi) is 2.92. The number of aromatic nitrogens is 3. The fraction of sp³-hybridized carbons (Fsp3) is 0.235. The lowest BCUT2D eigenvalue weighted by atomic mass is 10.1. The molecule has 1 aromatic carbocycles. The Balaban J connectivity index is 1.73. The van der Waals surface area contributed by atoms with E-state index >= 15 is 0 Å². The predicted molar refractivity (Wildman–Crippen MR) is 89.0 cm³/mol. The topological polar surface area (TPSA) is 66.0 Å². The third kappa shape index (κ3) is 2.15. The highest BCUT2D eigenvalue weighted by atomic mass is 15.0. The number of anilines is 2. The van der Waals surface area contributed by atoms with Crippen LogP contribution in [-0.4, -0.2) is 21.2 Å². The quantitative estimate of drug-likeness (QED) is 0.772. The van der Waals surface area contributed by atoms with Gasteiger partial charge in [-0.05, 0) is 35.2 Å². The Labute approximate surface area is 128 Å². The van der Waals surface area contributed by atoms with Crippen LogP contribution in [0.5, 0.6) is 0 Å². The monoisotopic (exact) mass is 291 g/mol. The van der Waals surface area contributed by atoms with Crippen molar-refractivity contribution in [3.05, 3.63) is 47.4 Å². The van der Waals surface area contributed by atoms with Gasteiger partial charge in [-0.2, -0.15) is 0 Å². The van der Waals surface area contributed by atoms with E-state index in [1.54, 1.807) is 6.33 Å². The number of fused-ring (bicyclic) bond motifs is 2. The number of H-pyrrole nitrogens is 1. The summed E-state index contributed by atoms with van der Waals surface area (Å²) in [6, 6.07) is 8.41. The number of rotatable bonds is 3. The maximum absolute atomic E-state index is 4.39. The zero-order valence-electron chi connectivity index (χ0n) is 12.6. The normalized spacial score (nSPS) is 13.0. The van der Waals surface area contributed by atoms with Gasteiger partial charge in [0.05, 0.1) is 11.9 Å². The van der Waals surface area contributed by atoms with Crippen molar-refractivity contribution in [2.45, 2.75) is 26.3 Å². The van der Waals surface area contributed by atoms with E-state index < -0.39 is 0 Å². The van der Waals surface area contributed by atoms with Gasteiger partial charge >= 0.3 is 0 Å². The summed E-state index contributed by atoms with van der Waals surface area (Å²) in [6.07, 6.45) is 3.50. The zero-order valence-corrected chi connectivity index (χ0v) is 12.6. The average molecular weight is 291 g/mol. The summed E-state index contributed by atoms with van der Waals surface area (Å²) in [7, 11) is 0. The van der Waals surface area contributed by atoms with Gasteiger partial charge in [0.15, 0.2) is 0 Å². The lowest BCUT2D eigenvalue weighted by Gasteiger charge is -2.07. The molecule has 0 unspecified atom stereocenters. The summed E-state index contributed by atoms with van der Waals surface area (Å²) in [5.41, 5.74) is 5.48. The first-order valence-electron chi connectivity index (χ1n) is 7.44. The molecule has 22 heavy (non-hydrogen) atoms. The van der Waals surface area contributed by atoms with Gasteiger partial charge in [0.25, 0.3) is 0 Å². The summed E-state index contributed by atoms with van der Waals surface area (Å²) in [5.74, 6) is 1.25. The second-order valence-corrected chi connectivity index (χ2v) is 5.87. The largest absolute Gasteiger partial charge is 0.343 e. The highest BCUT2D eigenvalue weighted by Gasteiger charge is 2.11. The van der Waals surface area contributed by atoms with Crippen molar-refractivity contribution in [2.75, 3.05) is 5.32 Å². The first-order valence-corrected chi connectivity index (χ1v) is 7.44. The van der Waals surface area contributed by atoms with E-state index in [1.807, 2.05) is 6.21 Å². The van der Waals surface area contributed by atoms with Crippen molar-refractivity contribution in [1.82, 2.24) is 15.0 Å². The van der Waals surface area contributed by atoms with Crippen LogP contribution in [0, 0.1) is 0 Å². The van der Waals surface area contributed by atoms with Crippen molar-refractivity contribution < 1.29 is 0 Å². The van der Waals surface area contributed by atoms with E-state index in [0.29, 0.717) is 5.92 Å². The Morgan fingerprint density at radius 1 is 1.18 bits per heavy atom. The SMILES string of the molecule is CC(C)c1cc2c(Nc3ccc4c(c3)C=NC4)ncnc2[nH]1. The molecule has 4 rings (SSSR count). The molecule has 3 aromatic rings. The summed E-state index contributed by atoms with van der Waals surface area (Å²) in [4.78, 5) is 16.3. The van der Waals surface area contributed by atoms with E-state index in [1.165, 1.54) is 16.8 Å². The van der Waals surface area contributed by atoms with Crippen molar-refractivity contribution >= 4 is 28.8 Å². The van der Waals surface area contributed by atoms with Crippen molar-refractivity contribution in [3.63, 3.8) is 0 Å². The molecule has 5 nitrogen and oxygen atoms in total. The summed E-state index contributed by atoms with van der Waals surface area (Å²) < 4.78 is 0. The van der Waals surface area contributed by atoms with Gasteiger partial charge in [0, 0.05) is 17.6 Å². The number of aromatic amines is 1. The highest BCUT2D eigenvalue weighted by Crippen LogP contribution is 2.27. The molecule has 0 spiro atoms. The predicted octanol–water partition coefficient (Wildman–Crippen LogP) is 3.76. The van der Waals surface area contributed by atoms with Gasteiger partial charge in [-0.3, -0.25) is 4.99 Å². The van der Waals surface area contributed by atoms with Gasteiger partial charge in [0.1, 0.15) is 17.8 Å². The third-order valence-corrected chi connectivity index (χ3v) is 3.97. The standard InChI is InChI=1S/C17H17N5/c1-10(2)15-6-14-16(19-9-20-17(14)22-15)21-13-4-3-11-7-18-8-12(11)5-13/h3-6,8-10H,7H2,1-2H3,(H2,19,20,21,22). The smallest absolute Gasteiger partial charge is 0.143 e. The van der Waals surface area contributed by atoms with Crippen LogP contribution in [0.2, 0.25) is 0 Å². The minimum absolute atomic E-state index is 0.429. The third-order valence-electron chi connectivity index (χ3n) is 3.97. The molecule has 0 fully saturated rings.